The highest BCUT2D eigenvalue weighted by molar-refractivity contribution is 5.97. The first-order valence-corrected chi connectivity index (χ1v) is 8.22. The lowest BCUT2D eigenvalue weighted by Gasteiger charge is -2.40. The van der Waals surface area contributed by atoms with E-state index >= 15 is 0 Å². The van der Waals surface area contributed by atoms with Gasteiger partial charge in [-0.2, -0.15) is 13.2 Å². The van der Waals surface area contributed by atoms with Crippen molar-refractivity contribution in [3.8, 4) is 0 Å². The molecule has 8 heteroatoms. The molecular formula is C17H19F3N2O3. The molecule has 0 bridgehead atoms. The van der Waals surface area contributed by atoms with Crippen LogP contribution < -0.4 is 5.32 Å². The molecule has 4 rings (SSSR count). The number of benzene rings is 1. The standard InChI is InChI=1S/C15H18N2O.C2HF3O2/c18-15-14-4-3-11(10-1-2-10)7-12(14)8-13-9-16-5-6-17(13)15;3-2(4,5)1(6)7/h3-4,7,10,13,16H,1-2,5-6,8-9H2;(H,6,7)/t13-;/m1./s1. The van der Waals surface area contributed by atoms with Gasteiger partial charge in [0.15, 0.2) is 0 Å². The van der Waals surface area contributed by atoms with Crippen LogP contribution in [0.5, 0.6) is 0 Å². The number of alkyl halides is 3. The fourth-order valence-corrected chi connectivity index (χ4v) is 3.28. The first kappa shape index (κ1) is 17.7. The van der Waals surface area contributed by atoms with Crippen LogP contribution in [0.4, 0.5) is 13.2 Å². The Hall–Kier alpha value is -2.09. The van der Waals surface area contributed by atoms with Crippen LogP contribution in [0.15, 0.2) is 18.2 Å². The van der Waals surface area contributed by atoms with Crippen molar-refractivity contribution < 1.29 is 27.9 Å². The maximum atomic E-state index is 12.4. The predicted octanol–water partition coefficient (Wildman–Crippen LogP) is 2.17. The predicted molar refractivity (Wildman–Crippen MR) is 83.5 cm³/mol. The van der Waals surface area contributed by atoms with Crippen molar-refractivity contribution in [1.82, 2.24) is 10.2 Å². The summed E-state index contributed by atoms with van der Waals surface area (Å²) in [6.45, 7) is 2.73. The molecule has 1 amide bonds. The molecule has 1 aliphatic carbocycles. The molecule has 25 heavy (non-hydrogen) atoms. The third kappa shape index (κ3) is 3.95. The molecule has 3 aliphatic rings. The molecule has 1 aromatic carbocycles. The lowest BCUT2D eigenvalue weighted by Crippen LogP contribution is -2.56. The number of nitrogens with zero attached hydrogens (tertiary/aromatic N) is 1. The minimum absolute atomic E-state index is 0.241. The van der Waals surface area contributed by atoms with Gasteiger partial charge < -0.3 is 15.3 Å². The number of carbonyl (C=O) groups excluding carboxylic acids is 1. The SMILES string of the molecule is O=C(O)C(F)(F)F.O=C1c2ccc(C3CC3)cc2C[C@@H]2CNCCN12. The summed E-state index contributed by atoms with van der Waals surface area (Å²) in [5.74, 6) is -1.74. The normalized spacial score (nSPS) is 22.4. The van der Waals surface area contributed by atoms with E-state index in [0.717, 1.165) is 37.5 Å². The maximum Gasteiger partial charge on any atom is 0.490 e. The van der Waals surface area contributed by atoms with Crippen LogP contribution >= 0.6 is 0 Å². The Bertz CT molecular complexity index is 686. The average Bonchev–Trinajstić information content (AvgIpc) is 3.39. The molecule has 1 saturated carbocycles. The Morgan fingerprint density at radius 3 is 2.56 bits per heavy atom. The van der Waals surface area contributed by atoms with Crippen molar-refractivity contribution in [3.63, 3.8) is 0 Å². The summed E-state index contributed by atoms with van der Waals surface area (Å²) in [5.41, 5.74) is 3.66. The van der Waals surface area contributed by atoms with Gasteiger partial charge in [0.25, 0.3) is 5.91 Å². The quantitative estimate of drug-likeness (QED) is 0.809. The zero-order valence-corrected chi connectivity index (χ0v) is 13.5. The smallest absolute Gasteiger partial charge is 0.475 e. The summed E-state index contributed by atoms with van der Waals surface area (Å²) >= 11 is 0. The van der Waals surface area contributed by atoms with Crippen LogP contribution in [0.2, 0.25) is 0 Å². The number of amides is 1. The molecule has 2 fully saturated rings. The lowest BCUT2D eigenvalue weighted by atomic mass is 9.90. The van der Waals surface area contributed by atoms with E-state index in [4.69, 9.17) is 9.90 Å². The van der Waals surface area contributed by atoms with Gasteiger partial charge in [-0.25, -0.2) is 4.79 Å². The minimum Gasteiger partial charge on any atom is -0.475 e. The third-order valence-electron chi connectivity index (χ3n) is 4.72. The summed E-state index contributed by atoms with van der Waals surface area (Å²) in [7, 11) is 0. The van der Waals surface area contributed by atoms with Crippen molar-refractivity contribution in [2.24, 2.45) is 0 Å². The minimum atomic E-state index is -5.08. The zero-order chi connectivity index (χ0) is 18.2. The Labute approximate surface area is 142 Å². The van der Waals surface area contributed by atoms with Gasteiger partial charge in [-0.15, -0.1) is 0 Å². The number of hydrogen-bond acceptors (Lipinski definition) is 3. The number of nitrogens with one attached hydrogen (secondary N) is 1. The number of rotatable bonds is 1. The second-order valence-corrected chi connectivity index (χ2v) is 6.55. The van der Waals surface area contributed by atoms with Gasteiger partial charge in [0.2, 0.25) is 0 Å². The van der Waals surface area contributed by atoms with E-state index < -0.39 is 12.1 Å². The summed E-state index contributed by atoms with van der Waals surface area (Å²) in [4.78, 5) is 23.4. The molecule has 0 aromatic heterocycles. The number of carbonyl (C=O) groups is 2. The molecule has 5 nitrogen and oxygen atoms in total. The van der Waals surface area contributed by atoms with E-state index in [-0.39, 0.29) is 5.91 Å². The number of piperazine rings is 1. The first-order chi connectivity index (χ1) is 11.8. The maximum absolute atomic E-state index is 12.4. The van der Waals surface area contributed by atoms with Gasteiger partial charge >= 0.3 is 12.1 Å². The van der Waals surface area contributed by atoms with Crippen LogP contribution in [0.25, 0.3) is 0 Å². The van der Waals surface area contributed by atoms with Crippen LogP contribution in [0.1, 0.15) is 40.2 Å². The molecule has 0 spiro atoms. The molecule has 1 atom stereocenters. The molecule has 136 valence electrons. The van der Waals surface area contributed by atoms with Gasteiger partial charge in [-0.3, -0.25) is 4.79 Å². The molecule has 2 aliphatic heterocycles. The highest BCUT2D eigenvalue weighted by Gasteiger charge is 2.38. The highest BCUT2D eigenvalue weighted by Crippen LogP contribution is 2.41. The summed E-state index contributed by atoms with van der Waals surface area (Å²) in [6.07, 6.45) is -1.41. The summed E-state index contributed by atoms with van der Waals surface area (Å²) in [6, 6.07) is 6.88. The monoisotopic (exact) mass is 356 g/mol. The van der Waals surface area contributed by atoms with Gasteiger partial charge in [-0.05, 0) is 42.4 Å². The fraction of sp³-hybridized carbons (Fsp3) is 0.529. The number of aliphatic carboxylic acids is 1. The largest absolute Gasteiger partial charge is 0.490 e. The number of fused-ring (bicyclic) bond motifs is 2. The Kier molecular flexibility index (Phi) is 4.73. The molecular weight excluding hydrogens is 337 g/mol. The van der Waals surface area contributed by atoms with Gasteiger partial charge in [0.1, 0.15) is 0 Å². The topological polar surface area (TPSA) is 69.6 Å². The lowest BCUT2D eigenvalue weighted by molar-refractivity contribution is -0.192. The molecule has 0 radical (unpaired) electrons. The Morgan fingerprint density at radius 2 is 1.96 bits per heavy atom. The van der Waals surface area contributed by atoms with E-state index in [0.29, 0.717) is 6.04 Å². The van der Waals surface area contributed by atoms with Gasteiger partial charge in [0.05, 0.1) is 0 Å². The summed E-state index contributed by atoms with van der Waals surface area (Å²) in [5, 5.41) is 10.5. The third-order valence-corrected chi connectivity index (χ3v) is 4.72. The first-order valence-electron chi connectivity index (χ1n) is 8.22. The van der Waals surface area contributed by atoms with Crippen molar-refractivity contribution >= 4 is 11.9 Å². The van der Waals surface area contributed by atoms with Crippen molar-refractivity contribution in [3.05, 3.63) is 34.9 Å². The van der Waals surface area contributed by atoms with Crippen LogP contribution in [0.3, 0.4) is 0 Å². The molecule has 2 heterocycles. The number of carboxylic acid groups (broad SMARTS) is 1. The average molecular weight is 356 g/mol. The Balaban J connectivity index is 0.000000225. The van der Waals surface area contributed by atoms with E-state index in [1.54, 1.807) is 0 Å². The second-order valence-electron chi connectivity index (χ2n) is 6.55. The molecule has 1 saturated heterocycles. The molecule has 0 unspecified atom stereocenters. The highest BCUT2D eigenvalue weighted by atomic mass is 19.4. The van der Waals surface area contributed by atoms with Gasteiger partial charge in [0, 0.05) is 31.2 Å². The van der Waals surface area contributed by atoms with Gasteiger partial charge in [-0.1, -0.05) is 12.1 Å². The van der Waals surface area contributed by atoms with Crippen molar-refractivity contribution in [1.29, 1.82) is 0 Å². The van der Waals surface area contributed by atoms with E-state index in [2.05, 4.69) is 28.4 Å². The molecule has 1 aromatic rings. The molecule has 2 N–H and O–H groups in total. The number of hydrogen-bond donors (Lipinski definition) is 2. The fourth-order valence-electron chi connectivity index (χ4n) is 3.28. The number of carboxylic acids is 1. The van der Waals surface area contributed by atoms with E-state index in [1.165, 1.54) is 24.0 Å². The van der Waals surface area contributed by atoms with Crippen LogP contribution in [-0.2, 0) is 11.2 Å². The second kappa shape index (κ2) is 6.67. The van der Waals surface area contributed by atoms with Crippen molar-refractivity contribution in [2.45, 2.75) is 37.4 Å². The zero-order valence-electron chi connectivity index (χ0n) is 13.5. The van der Waals surface area contributed by atoms with E-state index in [9.17, 15) is 18.0 Å². The van der Waals surface area contributed by atoms with Crippen LogP contribution in [-0.4, -0.2) is 53.7 Å². The summed E-state index contributed by atoms with van der Waals surface area (Å²) < 4.78 is 31.7. The Morgan fingerprint density at radius 1 is 1.28 bits per heavy atom. The van der Waals surface area contributed by atoms with Crippen molar-refractivity contribution in [2.75, 3.05) is 19.6 Å². The van der Waals surface area contributed by atoms with E-state index in [1.807, 2.05) is 0 Å². The number of halogens is 3. The van der Waals surface area contributed by atoms with Crippen LogP contribution in [0, 0.1) is 0 Å².